The Bertz CT molecular complexity index is 696. The number of hydrogen-bond donors (Lipinski definition) is 4. The highest BCUT2D eigenvalue weighted by Gasteiger charge is 2.38. The lowest BCUT2D eigenvalue weighted by atomic mass is 10.2. The Balaban J connectivity index is 2.66. The number of benzene rings is 1. The highest BCUT2D eigenvalue weighted by Crippen LogP contribution is 2.35. The number of alkyl halides is 3. The summed E-state index contributed by atoms with van der Waals surface area (Å²) in [5.74, 6) is -0.759. The van der Waals surface area contributed by atoms with Crippen LogP contribution in [-0.2, 0) is 12.3 Å². The molecule has 4 N–H and O–H groups in total. The molecule has 0 radical (unpaired) electrons. The van der Waals surface area contributed by atoms with Crippen molar-refractivity contribution in [3.63, 3.8) is 0 Å². The van der Waals surface area contributed by atoms with Gasteiger partial charge in [0.2, 0.25) is 0 Å². The average Bonchev–Trinajstić information content (AvgIpc) is 2.84. The first-order valence-corrected chi connectivity index (χ1v) is 6.29. The van der Waals surface area contributed by atoms with E-state index < -0.39 is 23.8 Å². The van der Waals surface area contributed by atoms with E-state index in [0.717, 1.165) is 6.07 Å². The third-order valence-electron chi connectivity index (χ3n) is 2.61. The molecule has 0 aliphatic carbocycles. The Hall–Kier alpha value is -1.66. The lowest BCUT2D eigenvalue weighted by Crippen LogP contribution is -2.32. The molecule has 7 nitrogen and oxygen atoms in total. The quantitative estimate of drug-likeness (QED) is 0.364. The molecule has 2 aromatic rings. The van der Waals surface area contributed by atoms with Gasteiger partial charge < -0.3 is 20.2 Å². The lowest BCUT2D eigenvalue weighted by molar-refractivity contribution is -0.374. The van der Waals surface area contributed by atoms with Crippen molar-refractivity contribution in [2.75, 3.05) is 0 Å². The van der Waals surface area contributed by atoms with Gasteiger partial charge in [0.25, 0.3) is 0 Å². The first kappa shape index (κ1) is 16.7. The number of aromatic nitrogens is 2. The fourth-order valence-electron chi connectivity index (χ4n) is 1.66. The van der Waals surface area contributed by atoms with Crippen molar-refractivity contribution in [2.45, 2.75) is 12.3 Å². The van der Waals surface area contributed by atoms with Crippen molar-refractivity contribution in [2.24, 2.45) is 0 Å². The van der Waals surface area contributed by atoms with Gasteiger partial charge in [-0.25, -0.2) is 10.2 Å². The normalized spacial score (nSPS) is 12.5. The molecule has 2 rings (SSSR count). The predicted molar refractivity (Wildman–Crippen MR) is 68.3 cm³/mol. The predicted octanol–water partition coefficient (Wildman–Crippen LogP) is 1.73. The summed E-state index contributed by atoms with van der Waals surface area (Å²) >= 11 is 3.02. The molecule has 0 unspecified atom stereocenters. The lowest BCUT2D eigenvalue weighted by Gasteiger charge is -2.18. The topological polar surface area (TPSA) is 108 Å². The average molecular weight is 385 g/mol. The molecule has 0 saturated carbocycles. The molecule has 22 heavy (non-hydrogen) atoms. The fourth-order valence-corrected chi connectivity index (χ4v) is 1.98. The number of imidazole rings is 1. The van der Waals surface area contributed by atoms with Gasteiger partial charge in [-0.05, 0) is 34.1 Å². The van der Waals surface area contributed by atoms with Crippen LogP contribution in [0, 0.1) is 0 Å². The molecule has 1 aromatic carbocycles. The van der Waals surface area contributed by atoms with Crippen molar-refractivity contribution in [3.05, 3.63) is 34.6 Å². The largest absolute Gasteiger partial charge is 0.434 e. The van der Waals surface area contributed by atoms with Gasteiger partial charge in [-0.1, -0.05) is 0 Å². The van der Waals surface area contributed by atoms with Crippen LogP contribution in [0.4, 0.5) is 13.2 Å². The standard InChI is InChI=1S/C11H8BrF3N2O5/c12-6-2-1-5(3-7(6)22-21)9-16-8(10(13,14)15)4-17(9)11(18,19)20/h1-4,18-21H. The van der Waals surface area contributed by atoms with Crippen LogP contribution in [-0.4, -0.2) is 30.1 Å². The molecule has 1 aromatic heterocycles. The fraction of sp³-hybridized carbons (Fsp3) is 0.182. The molecular weight excluding hydrogens is 377 g/mol. The smallest absolute Gasteiger partial charge is 0.339 e. The van der Waals surface area contributed by atoms with E-state index in [1.54, 1.807) is 0 Å². The van der Waals surface area contributed by atoms with E-state index in [-0.39, 0.29) is 26.5 Å². The number of nitrogens with zero attached hydrogens (tertiary/aromatic N) is 2. The Morgan fingerprint density at radius 1 is 1.18 bits per heavy atom. The van der Waals surface area contributed by atoms with E-state index >= 15 is 0 Å². The molecule has 0 aliphatic heterocycles. The van der Waals surface area contributed by atoms with Crippen LogP contribution in [0.5, 0.6) is 5.75 Å². The second-order valence-corrected chi connectivity index (χ2v) is 5.01. The molecule has 0 amide bonds. The first-order valence-electron chi connectivity index (χ1n) is 5.49. The zero-order chi connectivity index (χ0) is 16.7. The zero-order valence-corrected chi connectivity index (χ0v) is 12.0. The molecule has 0 aliphatic rings. The van der Waals surface area contributed by atoms with Gasteiger partial charge in [0.05, 0.1) is 4.47 Å². The van der Waals surface area contributed by atoms with E-state index in [1.807, 2.05) is 0 Å². The molecular formula is C11H8BrF3N2O5. The van der Waals surface area contributed by atoms with Crippen LogP contribution in [0.2, 0.25) is 0 Å². The van der Waals surface area contributed by atoms with E-state index in [0.29, 0.717) is 0 Å². The summed E-state index contributed by atoms with van der Waals surface area (Å²) in [6, 6.07) is 3.66. The van der Waals surface area contributed by atoms with Gasteiger partial charge in [0, 0.05) is 11.8 Å². The minimum absolute atomic E-state index is 0.0794. The maximum atomic E-state index is 12.7. The number of hydrogen-bond acceptors (Lipinski definition) is 6. The van der Waals surface area contributed by atoms with Crippen LogP contribution < -0.4 is 4.89 Å². The Labute approximate surface area is 128 Å². The van der Waals surface area contributed by atoms with Gasteiger partial charge in [-0.3, -0.25) is 4.57 Å². The second kappa shape index (κ2) is 5.52. The molecule has 0 spiro atoms. The number of aliphatic hydroxyl groups is 3. The minimum Gasteiger partial charge on any atom is -0.339 e. The van der Waals surface area contributed by atoms with E-state index in [9.17, 15) is 13.2 Å². The van der Waals surface area contributed by atoms with Crippen LogP contribution in [0.3, 0.4) is 0 Å². The summed E-state index contributed by atoms with van der Waals surface area (Å²) in [6.45, 7) is 0. The maximum absolute atomic E-state index is 12.7. The van der Waals surface area contributed by atoms with E-state index in [1.165, 1.54) is 12.1 Å². The third-order valence-corrected chi connectivity index (χ3v) is 3.26. The molecule has 11 heteroatoms. The monoisotopic (exact) mass is 384 g/mol. The highest BCUT2D eigenvalue weighted by atomic mass is 79.9. The third kappa shape index (κ3) is 3.23. The van der Waals surface area contributed by atoms with Crippen LogP contribution >= 0.6 is 15.9 Å². The van der Waals surface area contributed by atoms with Crippen LogP contribution in [0.15, 0.2) is 28.9 Å². The van der Waals surface area contributed by atoms with E-state index in [4.69, 9.17) is 20.6 Å². The summed E-state index contributed by atoms with van der Waals surface area (Å²) in [4.78, 5) is 7.24. The van der Waals surface area contributed by atoms with Gasteiger partial charge in [0.15, 0.2) is 11.4 Å². The number of rotatable bonds is 3. The zero-order valence-electron chi connectivity index (χ0n) is 10.4. The Morgan fingerprint density at radius 3 is 2.32 bits per heavy atom. The van der Waals surface area contributed by atoms with Gasteiger partial charge in [0.1, 0.15) is 5.82 Å². The molecule has 0 atom stereocenters. The summed E-state index contributed by atoms with van der Waals surface area (Å²) in [6.07, 6.45) is -8.23. The Kier molecular flexibility index (Phi) is 4.19. The highest BCUT2D eigenvalue weighted by molar-refractivity contribution is 9.10. The van der Waals surface area contributed by atoms with Crippen LogP contribution in [0.1, 0.15) is 5.69 Å². The van der Waals surface area contributed by atoms with Crippen molar-refractivity contribution >= 4 is 15.9 Å². The van der Waals surface area contributed by atoms with Crippen molar-refractivity contribution in [3.8, 4) is 17.1 Å². The van der Waals surface area contributed by atoms with Gasteiger partial charge in [-0.15, -0.1) is 0 Å². The summed E-state index contributed by atoms with van der Waals surface area (Å²) < 4.78 is 38.5. The minimum atomic E-state index is -4.86. The molecule has 0 saturated heterocycles. The molecule has 120 valence electrons. The van der Waals surface area contributed by atoms with E-state index in [2.05, 4.69) is 25.8 Å². The molecule has 1 heterocycles. The van der Waals surface area contributed by atoms with Crippen molar-refractivity contribution < 1.29 is 38.6 Å². The molecule has 0 bridgehead atoms. The van der Waals surface area contributed by atoms with Crippen molar-refractivity contribution in [1.82, 2.24) is 9.55 Å². The van der Waals surface area contributed by atoms with Gasteiger partial charge in [-0.2, -0.15) is 13.2 Å². The van der Waals surface area contributed by atoms with Gasteiger partial charge >= 0.3 is 12.3 Å². The molecule has 0 fully saturated rings. The van der Waals surface area contributed by atoms with Crippen LogP contribution in [0.25, 0.3) is 11.4 Å². The summed E-state index contributed by atoms with van der Waals surface area (Å²) in [5, 5.41) is 36.2. The summed E-state index contributed by atoms with van der Waals surface area (Å²) in [7, 11) is 0. The van der Waals surface area contributed by atoms with Crippen molar-refractivity contribution in [1.29, 1.82) is 0 Å². The first-order chi connectivity index (χ1) is 10.0. The SMILES string of the molecule is OOc1cc(-c2nc(C(F)(F)F)cn2C(O)(O)O)ccc1Br. The summed E-state index contributed by atoms with van der Waals surface area (Å²) in [5.41, 5.74) is -1.53. The Morgan fingerprint density at radius 2 is 1.82 bits per heavy atom. The maximum Gasteiger partial charge on any atom is 0.434 e. The number of halogens is 4. The second-order valence-electron chi connectivity index (χ2n) is 4.15.